The van der Waals surface area contributed by atoms with E-state index in [4.69, 9.17) is 9.47 Å². The van der Waals surface area contributed by atoms with E-state index in [1.807, 2.05) is 18.2 Å². The van der Waals surface area contributed by atoms with Crippen LogP contribution in [0, 0.1) is 0 Å². The molecule has 0 aromatic heterocycles. The number of carbonyl (C=O) groups is 1. The van der Waals surface area contributed by atoms with Crippen molar-refractivity contribution in [2.45, 2.75) is 32.1 Å². The number of ether oxygens (including phenoxy) is 2. The van der Waals surface area contributed by atoms with E-state index in [1.54, 1.807) is 13.5 Å². The zero-order valence-electron chi connectivity index (χ0n) is 16.0. The molecule has 8 nitrogen and oxygen atoms in total. The summed E-state index contributed by atoms with van der Waals surface area (Å²) in [5.41, 5.74) is 0.872. The topological polar surface area (TPSA) is 79.4 Å². The summed E-state index contributed by atoms with van der Waals surface area (Å²) >= 11 is 0. The lowest BCUT2D eigenvalue weighted by Gasteiger charge is -2.31. The third kappa shape index (κ3) is 4.11. The van der Waals surface area contributed by atoms with E-state index in [-0.39, 0.29) is 19.1 Å². The van der Waals surface area contributed by atoms with Crippen molar-refractivity contribution in [2.75, 3.05) is 46.1 Å². The van der Waals surface area contributed by atoms with Crippen molar-refractivity contribution in [1.82, 2.24) is 13.5 Å². The van der Waals surface area contributed by atoms with E-state index in [0.717, 1.165) is 24.8 Å². The minimum absolute atomic E-state index is 0.0103. The summed E-state index contributed by atoms with van der Waals surface area (Å²) in [6.45, 7) is 3.24. The number of rotatable bonds is 4. The number of amides is 1. The summed E-state index contributed by atoms with van der Waals surface area (Å²) in [5, 5.41) is 0. The van der Waals surface area contributed by atoms with Gasteiger partial charge in [0, 0.05) is 39.3 Å². The molecule has 0 atom stereocenters. The van der Waals surface area contributed by atoms with Gasteiger partial charge in [-0.05, 0) is 37.0 Å². The van der Waals surface area contributed by atoms with Crippen LogP contribution in [0.4, 0.5) is 0 Å². The average molecular weight is 410 g/mol. The molecule has 3 heterocycles. The van der Waals surface area contributed by atoms with E-state index < -0.39 is 10.2 Å². The summed E-state index contributed by atoms with van der Waals surface area (Å²) in [5.74, 6) is 1.38. The molecule has 9 heteroatoms. The van der Waals surface area contributed by atoms with E-state index >= 15 is 0 Å². The van der Waals surface area contributed by atoms with Gasteiger partial charge in [-0.25, -0.2) is 0 Å². The molecule has 3 aliphatic rings. The van der Waals surface area contributed by atoms with Gasteiger partial charge in [0.05, 0.1) is 6.42 Å². The van der Waals surface area contributed by atoms with Crippen LogP contribution in [-0.4, -0.2) is 73.9 Å². The van der Waals surface area contributed by atoms with Gasteiger partial charge in [-0.1, -0.05) is 12.5 Å². The molecule has 4 rings (SSSR count). The van der Waals surface area contributed by atoms with Crippen LogP contribution in [0.1, 0.15) is 31.2 Å². The molecule has 0 spiro atoms. The lowest BCUT2D eigenvalue weighted by atomic mass is 10.1. The summed E-state index contributed by atoms with van der Waals surface area (Å²) in [7, 11) is -3.42. The maximum absolute atomic E-state index is 12.9. The Bertz CT molecular complexity index is 823. The molecule has 0 saturated carbocycles. The molecule has 0 aliphatic carbocycles. The molecule has 2 fully saturated rings. The predicted octanol–water partition coefficient (Wildman–Crippen LogP) is 1.22. The maximum atomic E-state index is 12.9. The van der Waals surface area contributed by atoms with Crippen LogP contribution in [-0.2, 0) is 21.4 Å². The number of piperidine rings is 1. The van der Waals surface area contributed by atoms with Crippen LogP contribution >= 0.6 is 0 Å². The van der Waals surface area contributed by atoms with Crippen LogP contribution < -0.4 is 9.47 Å². The Kier molecular flexibility index (Phi) is 5.75. The van der Waals surface area contributed by atoms with Crippen LogP contribution in [0.3, 0.4) is 0 Å². The third-order valence-electron chi connectivity index (χ3n) is 5.57. The number of fused-ring (bicyclic) bond motifs is 1. The Balaban J connectivity index is 1.36. The number of carbonyl (C=O) groups excluding carboxylic acids is 1. The van der Waals surface area contributed by atoms with Gasteiger partial charge in [0.2, 0.25) is 12.7 Å². The van der Waals surface area contributed by atoms with Gasteiger partial charge in [0.1, 0.15) is 0 Å². The van der Waals surface area contributed by atoms with Crippen molar-refractivity contribution in [3.63, 3.8) is 0 Å². The molecule has 28 heavy (non-hydrogen) atoms. The van der Waals surface area contributed by atoms with E-state index in [2.05, 4.69) is 0 Å². The second-order valence-electron chi connectivity index (χ2n) is 7.47. The van der Waals surface area contributed by atoms with Crippen molar-refractivity contribution >= 4 is 16.1 Å². The van der Waals surface area contributed by atoms with Gasteiger partial charge in [-0.2, -0.15) is 17.0 Å². The first-order valence-corrected chi connectivity index (χ1v) is 11.4. The minimum atomic E-state index is -3.42. The van der Waals surface area contributed by atoms with Crippen molar-refractivity contribution in [1.29, 1.82) is 0 Å². The highest BCUT2D eigenvalue weighted by molar-refractivity contribution is 7.86. The molecule has 3 aliphatic heterocycles. The fourth-order valence-corrected chi connectivity index (χ4v) is 5.69. The van der Waals surface area contributed by atoms with Gasteiger partial charge < -0.3 is 14.4 Å². The van der Waals surface area contributed by atoms with Crippen LogP contribution in [0.15, 0.2) is 18.2 Å². The first-order chi connectivity index (χ1) is 13.5. The Hall–Kier alpha value is -1.84. The Morgan fingerprint density at radius 1 is 0.857 bits per heavy atom. The zero-order chi connectivity index (χ0) is 19.6. The number of hydrogen-bond donors (Lipinski definition) is 0. The number of benzene rings is 1. The molecule has 1 aromatic carbocycles. The lowest BCUT2D eigenvalue weighted by Crippen LogP contribution is -2.47. The molecule has 0 radical (unpaired) electrons. The third-order valence-corrected chi connectivity index (χ3v) is 7.60. The standard InChI is InChI=1S/C19H27N3O5S/c23-19(14-16-5-6-17-18(13-16)27-15-26-17)20-7-4-10-22(12-11-20)28(24,25)21-8-2-1-3-9-21/h5-6,13H,1-4,7-12,14-15H2. The zero-order valence-corrected chi connectivity index (χ0v) is 16.8. The maximum Gasteiger partial charge on any atom is 0.282 e. The van der Waals surface area contributed by atoms with Crippen molar-refractivity contribution < 1.29 is 22.7 Å². The summed E-state index contributed by atoms with van der Waals surface area (Å²) < 4.78 is 39.6. The molecule has 0 unspecified atom stereocenters. The normalized spacial score (nSPS) is 21.5. The molecule has 0 N–H and O–H groups in total. The van der Waals surface area contributed by atoms with Crippen molar-refractivity contribution in [3.8, 4) is 11.5 Å². The van der Waals surface area contributed by atoms with E-state index in [9.17, 15) is 13.2 Å². The van der Waals surface area contributed by atoms with Gasteiger partial charge in [-0.3, -0.25) is 4.79 Å². The quantitative estimate of drug-likeness (QED) is 0.747. The second kappa shape index (κ2) is 8.26. The highest BCUT2D eigenvalue weighted by Gasteiger charge is 2.32. The molecule has 154 valence electrons. The first-order valence-electron chi connectivity index (χ1n) is 9.95. The highest BCUT2D eigenvalue weighted by atomic mass is 32.2. The second-order valence-corrected chi connectivity index (χ2v) is 9.39. The Morgan fingerprint density at radius 2 is 1.57 bits per heavy atom. The van der Waals surface area contributed by atoms with Gasteiger partial charge in [0.25, 0.3) is 10.2 Å². The fraction of sp³-hybridized carbons (Fsp3) is 0.632. The number of nitrogens with zero attached hydrogens (tertiary/aromatic N) is 3. The fourth-order valence-electron chi connectivity index (χ4n) is 3.97. The van der Waals surface area contributed by atoms with Crippen LogP contribution in [0.5, 0.6) is 11.5 Å². The molecule has 1 amide bonds. The Labute approximate surface area is 166 Å². The summed E-state index contributed by atoms with van der Waals surface area (Å²) in [6, 6.07) is 5.53. The predicted molar refractivity (Wildman–Crippen MR) is 103 cm³/mol. The Morgan fingerprint density at radius 3 is 2.39 bits per heavy atom. The molecular weight excluding hydrogens is 382 g/mol. The lowest BCUT2D eigenvalue weighted by molar-refractivity contribution is -0.130. The van der Waals surface area contributed by atoms with E-state index in [1.165, 1.54) is 0 Å². The number of hydrogen-bond acceptors (Lipinski definition) is 5. The molecule has 0 bridgehead atoms. The summed E-state index contributed by atoms with van der Waals surface area (Å²) in [4.78, 5) is 14.5. The molecule has 1 aromatic rings. The summed E-state index contributed by atoms with van der Waals surface area (Å²) in [6.07, 6.45) is 3.87. The molecular formula is C19H27N3O5S. The largest absolute Gasteiger partial charge is 0.454 e. The van der Waals surface area contributed by atoms with Crippen LogP contribution in [0.2, 0.25) is 0 Å². The van der Waals surface area contributed by atoms with Crippen molar-refractivity contribution in [3.05, 3.63) is 23.8 Å². The monoisotopic (exact) mass is 409 g/mol. The van der Waals surface area contributed by atoms with Crippen molar-refractivity contribution in [2.24, 2.45) is 0 Å². The SMILES string of the molecule is O=C(Cc1ccc2c(c1)OCO2)N1CCCN(S(=O)(=O)N2CCCCC2)CC1. The van der Waals surface area contributed by atoms with Gasteiger partial charge >= 0.3 is 0 Å². The molecule has 2 saturated heterocycles. The average Bonchev–Trinajstić information content (AvgIpc) is 3.02. The van der Waals surface area contributed by atoms with E-state index in [0.29, 0.717) is 57.2 Å². The van der Waals surface area contributed by atoms with Gasteiger partial charge in [0.15, 0.2) is 11.5 Å². The minimum Gasteiger partial charge on any atom is -0.454 e. The van der Waals surface area contributed by atoms with Crippen LogP contribution in [0.25, 0.3) is 0 Å². The van der Waals surface area contributed by atoms with Gasteiger partial charge in [-0.15, -0.1) is 0 Å². The first kappa shape index (κ1) is 19.5. The smallest absolute Gasteiger partial charge is 0.282 e. The highest BCUT2D eigenvalue weighted by Crippen LogP contribution is 2.32.